The Labute approximate surface area is 123 Å². The van der Waals surface area contributed by atoms with Crippen molar-refractivity contribution in [1.82, 2.24) is 9.88 Å². The number of amides is 1. The van der Waals surface area contributed by atoms with Crippen molar-refractivity contribution in [3.8, 4) is 17.6 Å². The van der Waals surface area contributed by atoms with Crippen LogP contribution in [0, 0.1) is 11.3 Å². The SMILES string of the molecule is CN(CCC#N)C(=O)c1ccc(Oc2cccnc2)cc1. The Balaban J connectivity index is 2.02. The van der Waals surface area contributed by atoms with Gasteiger partial charge in [-0.3, -0.25) is 9.78 Å². The number of ether oxygens (including phenoxy) is 1. The Morgan fingerprint density at radius 1 is 1.29 bits per heavy atom. The predicted molar refractivity (Wildman–Crippen MR) is 77.9 cm³/mol. The zero-order chi connectivity index (χ0) is 15.1. The lowest BCUT2D eigenvalue weighted by atomic mass is 10.2. The fourth-order valence-corrected chi connectivity index (χ4v) is 1.75. The molecule has 0 aliphatic heterocycles. The van der Waals surface area contributed by atoms with Gasteiger partial charge < -0.3 is 9.64 Å². The molecule has 1 heterocycles. The summed E-state index contributed by atoms with van der Waals surface area (Å²) in [6.45, 7) is 0.420. The molecule has 0 bridgehead atoms. The van der Waals surface area contributed by atoms with Crippen molar-refractivity contribution in [2.75, 3.05) is 13.6 Å². The summed E-state index contributed by atoms with van der Waals surface area (Å²) in [4.78, 5) is 17.6. The first-order valence-corrected chi connectivity index (χ1v) is 6.51. The molecule has 21 heavy (non-hydrogen) atoms. The van der Waals surface area contributed by atoms with Gasteiger partial charge in [0.15, 0.2) is 0 Å². The predicted octanol–water partition coefficient (Wildman–Crippen LogP) is 2.86. The second-order valence-corrected chi connectivity index (χ2v) is 4.45. The third-order valence-corrected chi connectivity index (χ3v) is 2.88. The van der Waals surface area contributed by atoms with E-state index in [1.165, 1.54) is 4.90 Å². The van der Waals surface area contributed by atoms with Gasteiger partial charge in [-0.1, -0.05) is 0 Å². The van der Waals surface area contributed by atoms with E-state index >= 15 is 0 Å². The van der Waals surface area contributed by atoms with E-state index in [2.05, 4.69) is 4.98 Å². The van der Waals surface area contributed by atoms with Gasteiger partial charge in [-0.2, -0.15) is 5.26 Å². The topological polar surface area (TPSA) is 66.2 Å². The van der Waals surface area contributed by atoms with Crippen LogP contribution in [0.2, 0.25) is 0 Å². The van der Waals surface area contributed by atoms with Gasteiger partial charge >= 0.3 is 0 Å². The van der Waals surface area contributed by atoms with Crippen LogP contribution in [-0.4, -0.2) is 29.4 Å². The van der Waals surface area contributed by atoms with Gasteiger partial charge in [-0.15, -0.1) is 0 Å². The number of nitriles is 1. The van der Waals surface area contributed by atoms with Gasteiger partial charge in [0.25, 0.3) is 5.91 Å². The summed E-state index contributed by atoms with van der Waals surface area (Å²) in [7, 11) is 1.68. The number of benzene rings is 1. The van der Waals surface area contributed by atoms with E-state index in [0.29, 0.717) is 30.0 Å². The number of carbonyl (C=O) groups excluding carboxylic acids is 1. The monoisotopic (exact) mass is 281 g/mol. The number of pyridine rings is 1. The number of hydrogen-bond acceptors (Lipinski definition) is 4. The van der Waals surface area contributed by atoms with Crippen molar-refractivity contribution in [3.63, 3.8) is 0 Å². The molecule has 106 valence electrons. The summed E-state index contributed by atoms with van der Waals surface area (Å²) in [6, 6.07) is 12.5. The molecule has 0 radical (unpaired) electrons. The number of nitrogens with zero attached hydrogens (tertiary/aromatic N) is 3. The van der Waals surface area contributed by atoms with Crippen molar-refractivity contribution >= 4 is 5.91 Å². The first-order chi connectivity index (χ1) is 10.2. The van der Waals surface area contributed by atoms with Gasteiger partial charge in [-0.25, -0.2) is 0 Å². The smallest absolute Gasteiger partial charge is 0.253 e. The summed E-state index contributed by atoms with van der Waals surface area (Å²) in [6.07, 6.45) is 3.62. The number of carbonyl (C=O) groups is 1. The third kappa shape index (κ3) is 4.05. The normalized spacial score (nSPS) is 9.71. The van der Waals surface area contributed by atoms with Crippen LogP contribution in [0.3, 0.4) is 0 Å². The van der Waals surface area contributed by atoms with Crippen molar-refractivity contribution in [2.45, 2.75) is 6.42 Å². The van der Waals surface area contributed by atoms with Crippen LogP contribution in [0.25, 0.3) is 0 Å². The molecule has 1 amide bonds. The molecule has 0 saturated carbocycles. The molecule has 2 rings (SSSR count). The van der Waals surface area contributed by atoms with Crippen molar-refractivity contribution in [2.24, 2.45) is 0 Å². The Kier molecular flexibility index (Phi) is 4.89. The highest BCUT2D eigenvalue weighted by Gasteiger charge is 2.11. The molecular formula is C16H15N3O2. The molecule has 0 saturated heterocycles. The zero-order valence-electron chi connectivity index (χ0n) is 11.7. The third-order valence-electron chi connectivity index (χ3n) is 2.88. The second-order valence-electron chi connectivity index (χ2n) is 4.45. The standard InChI is InChI=1S/C16H15N3O2/c1-19(11-3-9-17)16(20)13-5-7-14(8-6-13)21-15-4-2-10-18-12-15/h2,4-8,10,12H,3,11H2,1H3. The fourth-order valence-electron chi connectivity index (χ4n) is 1.75. The summed E-state index contributed by atoms with van der Waals surface area (Å²) in [5.74, 6) is 1.17. The molecule has 5 heteroatoms. The van der Waals surface area contributed by atoms with Crippen LogP contribution in [0.15, 0.2) is 48.8 Å². The summed E-state index contributed by atoms with van der Waals surface area (Å²) in [5.41, 5.74) is 0.564. The lowest BCUT2D eigenvalue weighted by molar-refractivity contribution is 0.0798. The maximum absolute atomic E-state index is 12.1. The van der Waals surface area contributed by atoms with Crippen molar-refractivity contribution < 1.29 is 9.53 Å². The molecule has 5 nitrogen and oxygen atoms in total. The van der Waals surface area contributed by atoms with Gasteiger partial charge in [-0.05, 0) is 36.4 Å². The molecule has 0 aliphatic rings. The Bertz CT molecular complexity index is 633. The first kappa shape index (κ1) is 14.5. The van der Waals surface area contributed by atoms with Crippen LogP contribution in [0.4, 0.5) is 0 Å². The van der Waals surface area contributed by atoms with Crippen LogP contribution >= 0.6 is 0 Å². The van der Waals surface area contributed by atoms with E-state index in [9.17, 15) is 4.79 Å². The Morgan fingerprint density at radius 2 is 2.05 bits per heavy atom. The van der Waals surface area contributed by atoms with Gasteiger partial charge in [0.2, 0.25) is 0 Å². The lowest BCUT2D eigenvalue weighted by Gasteiger charge is -2.15. The van der Waals surface area contributed by atoms with Crippen molar-refractivity contribution in [1.29, 1.82) is 5.26 Å². The quantitative estimate of drug-likeness (QED) is 0.845. The molecule has 0 N–H and O–H groups in total. The Hall–Kier alpha value is -2.87. The molecule has 0 atom stereocenters. The van der Waals surface area contributed by atoms with Gasteiger partial charge in [0.1, 0.15) is 11.5 Å². The van der Waals surface area contributed by atoms with E-state index in [0.717, 1.165) is 0 Å². The molecule has 0 spiro atoms. The Morgan fingerprint density at radius 3 is 2.67 bits per heavy atom. The minimum Gasteiger partial charge on any atom is -0.456 e. The summed E-state index contributed by atoms with van der Waals surface area (Å²) < 4.78 is 5.61. The minimum absolute atomic E-state index is 0.113. The molecular weight excluding hydrogens is 266 g/mol. The summed E-state index contributed by atoms with van der Waals surface area (Å²) in [5, 5.41) is 8.53. The largest absolute Gasteiger partial charge is 0.456 e. The highest BCUT2D eigenvalue weighted by molar-refractivity contribution is 5.94. The van der Waals surface area contributed by atoms with Crippen LogP contribution in [-0.2, 0) is 0 Å². The maximum Gasteiger partial charge on any atom is 0.253 e. The molecule has 1 aromatic carbocycles. The van der Waals surface area contributed by atoms with Crippen molar-refractivity contribution in [3.05, 3.63) is 54.4 Å². The van der Waals surface area contributed by atoms with E-state index in [4.69, 9.17) is 10.00 Å². The molecule has 2 aromatic rings. The van der Waals surface area contributed by atoms with E-state index in [1.54, 1.807) is 49.8 Å². The average molecular weight is 281 g/mol. The second kappa shape index (κ2) is 7.06. The minimum atomic E-state index is -0.113. The molecule has 0 fully saturated rings. The van der Waals surface area contributed by atoms with Crippen LogP contribution < -0.4 is 4.74 Å². The van der Waals surface area contributed by atoms with Crippen LogP contribution in [0.1, 0.15) is 16.8 Å². The highest BCUT2D eigenvalue weighted by atomic mass is 16.5. The average Bonchev–Trinajstić information content (AvgIpc) is 2.53. The highest BCUT2D eigenvalue weighted by Crippen LogP contribution is 2.20. The number of aromatic nitrogens is 1. The van der Waals surface area contributed by atoms with Gasteiger partial charge in [0.05, 0.1) is 18.7 Å². The van der Waals surface area contributed by atoms with Crippen LogP contribution in [0.5, 0.6) is 11.5 Å². The molecule has 0 unspecified atom stereocenters. The first-order valence-electron chi connectivity index (χ1n) is 6.51. The maximum atomic E-state index is 12.1. The number of hydrogen-bond donors (Lipinski definition) is 0. The fraction of sp³-hybridized carbons (Fsp3) is 0.188. The zero-order valence-corrected chi connectivity index (χ0v) is 11.7. The molecule has 0 aliphatic carbocycles. The number of rotatable bonds is 5. The lowest BCUT2D eigenvalue weighted by Crippen LogP contribution is -2.27. The van der Waals surface area contributed by atoms with Gasteiger partial charge in [0, 0.05) is 25.4 Å². The van der Waals surface area contributed by atoms with E-state index in [-0.39, 0.29) is 5.91 Å². The van der Waals surface area contributed by atoms with E-state index in [1.807, 2.05) is 12.1 Å². The molecule has 1 aromatic heterocycles. The van der Waals surface area contributed by atoms with E-state index < -0.39 is 0 Å². The summed E-state index contributed by atoms with van der Waals surface area (Å²) >= 11 is 0.